The third-order valence-corrected chi connectivity index (χ3v) is 4.51. The first-order valence-electron chi connectivity index (χ1n) is 7.21. The zero-order valence-corrected chi connectivity index (χ0v) is 12.9. The molecule has 0 amide bonds. The molecule has 2 rings (SSSR count). The van der Waals surface area contributed by atoms with Crippen LogP contribution in [0.2, 0.25) is 0 Å². The van der Waals surface area contributed by atoms with Crippen LogP contribution in [0.15, 0.2) is 11.7 Å². The number of hydrogen-bond acceptors (Lipinski definition) is 4. The van der Waals surface area contributed by atoms with Crippen molar-refractivity contribution in [2.75, 3.05) is 5.32 Å². The number of aryl methyl sites for hydroxylation is 1. The summed E-state index contributed by atoms with van der Waals surface area (Å²) in [5.41, 5.74) is 2.33. The van der Waals surface area contributed by atoms with E-state index in [9.17, 15) is 0 Å². The van der Waals surface area contributed by atoms with E-state index in [1.54, 1.807) is 17.7 Å². The number of unbranched alkanes of at least 4 members (excludes halogenated alkanes) is 1. The Morgan fingerprint density at radius 1 is 1.21 bits per heavy atom. The summed E-state index contributed by atoms with van der Waals surface area (Å²) in [6.45, 7) is 6.59. The summed E-state index contributed by atoms with van der Waals surface area (Å²) in [6.07, 6.45) is 7.83. The third-order valence-electron chi connectivity index (χ3n) is 3.42. The smallest absolute Gasteiger partial charge is 0.147 e. The van der Waals surface area contributed by atoms with Gasteiger partial charge in [-0.05, 0) is 30.7 Å². The van der Waals surface area contributed by atoms with Gasteiger partial charge in [-0.2, -0.15) is 0 Å². The minimum absolute atomic E-state index is 0.533. The van der Waals surface area contributed by atoms with E-state index in [0.29, 0.717) is 6.04 Å². The average Bonchev–Trinajstić information content (AvgIpc) is 2.79. The molecule has 0 radical (unpaired) electrons. The maximum atomic E-state index is 4.44. The van der Waals surface area contributed by atoms with E-state index in [-0.39, 0.29) is 0 Å². The first-order valence-corrected chi connectivity index (χ1v) is 8.09. The number of hydrogen-bond donors (Lipinski definition) is 1. The third kappa shape index (κ3) is 3.44. The minimum Gasteiger partial charge on any atom is -0.366 e. The van der Waals surface area contributed by atoms with Crippen LogP contribution in [0.25, 0.3) is 10.2 Å². The minimum atomic E-state index is 0.533. The lowest BCUT2D eigenvalue weighted by atomic mass is 10.1. The lowest BCUT2D eigenvalue weighted by Crippen LogP contribution is -2.20. The van der Waals surface area contributed by atoms with Gasteiger partial charge in [0.25, 0.3) is 0 Å². The summed E-state index contributed by atoms with van der Waals surface area (Å²) >= 11 is 1.74. The molecule has 0 saturated carbocycles. The van der Waals surface area contributed by atoms with E-state index >= 15 is 0 Å². The van der Waals surface area contributed by atoms with E-state index in [4.69, 9.17) is 0 Å². The van der Waals surface area contributed by atoms with Crippen LogP contribution < -0.4 is 5.32 Å². The molecule has 0 aliphatic heterocycles. The van der Waals surface area contributed by atoms with Gasteiger partial charge >= 0.3 is 0 Å². The van der Waals surface area contributed by atoms with Crippen molar-refractivity contribution in [2.45, 2.75) is 58.9 Å². The molecule has 2 heterocycles. The fraction of sp³-hybridized carbons (Fsp3) is 0.600. The molecule has 0 saturated heterocycles. The SMILES string of the molecule is CCCCC(CCC)Nc1ncnc2c(C)csc12. The molecule has 1 atom stereocenters. The number of anilines is 1. The zero-order valence-electron chi connectivity index (χ0n) is 12.1. The highest BCUT2D eigenvalue weighted by Crippen LogP contribution is 2.29. The van der Waals surface area contributed by atoms with Crippen LogP contribution >= 0.6 is 11.3 Å². The largest absolute Gasteiger partial charge is 0.366 e. The van der Waals surface area contributed by atoms with Gasteiger partial charge < -0.3 is 5.32 Å². The molecule has 0 aliphatic carbocycles. The Bertz CT molecular complexity index is 521. The van der Waals surface area contributed by atoms with E-state index in [1.807, 2.05) is 0 Å². The maximum Gasteiger partial charge on any atom is 0.147 e. The summed E-state index contributed by atoms with van der Waals surface area (Å²) in [5.74, 6) is 1.01. The second kappa shape index (κ2) is 6.85. The van der Waals surface area contributed by atoms with Crippen molar-refractivity contribution < 1.29 is 0 Å². The van der Waals surface area contributed by atoms with Crippen molar-refractivity contribution >= 4 is 27.4 Å². The van der Waals surface area contributed by atoms with E-state index < -0.39 is 0 Å². The lowest BCUT2D eigenvalue weighted by molar-refractivity contribution is 0.563. The Morgan fingerprint density at radius 3 is 2.79 bits per heavy atom. The Morgan fingerprint density at radius 2 is 2.05 bits per heavy atom. The first-order chi connectivity index (χ1) is 9.26. The van der Waals surface area contributed by atoms with Crippen LogP contribution in [-0.2, 0) is 0 Å². The summed E-state index contributed by atoms with van der Waals surface area (Å²) in [7, 11) is 0. The highest BCUT2D eigenvalue weighted by Gasteiger charge is 2.12. The Labute approximate surface area is 119 Å². The predicted octanol–water partition coefficient (Wildman–Crippen LogP) is 4.77. The van der Waals surface area contributed by atoms with E-state index in [2.05, 4.69) is 41.4 Å². The topological polar surface area (TPSA) is 37.8 Å². The molecular weight excluding hydrogens is 254 g/mol. The number of fused-ring (bicyclic) bond motifs is 1. The van der Waals surface area contributed by atoms with Gasteiger partial charge in [0.1, 0.15) is 12.1 Å². The van der Waals surface area contributed by atoms with Gasteiger partial charge in [-0.3, -0.25) is 0 Å². The van der Waals surface area contributed by atoms with Gasteiger partial charge in [-0.15, -0.1) is 11.3 Å². The van der Waals surface area contributed by atoms with Crippen molar-refractivity contribution in [3.63, 3.8) is 0 Å². The zero-order chi connectivity index (χ0) is 13.7. The molecule has 19 heavy (non-hydrogen) atoms. The molecule has 0 aliphatic rings. The van der Waals surface area contributed by atoms with Gasteiger partial charge in [-0.25, -0.2) is 9.97 Å². The predicted molar refractivity (Wildman–Crippen MR) is 84.0 cm³/mol. The molecule has 4 heteroatoms. The Balaban J connectivity index is 2.18. The summed E-state index contributed by atoms with van der Waals surface area (Å²) < 4.78 is 1.19. The van der Waals surface area contributed by atoms with Gasteiger partial charge in [-0.1, -0.05) is 33.1 Å². The monoisotopic (exact) mass is 277 g/mol. The van der Waals surface area contributed by atoms with Gasteiger partial charge in [0.15, 0.2) is 0 Å². The molecule has 0 aromatic carbocycles. The molecule has 1 unspecified atom stereocenters. The van der Waals surface area contributed by atoms with Crippen molar-refractivity contribution in [3.8, 4) is 0 Å². The molecule has 1 N–H and O–H groups in total. The lowest BCUT2D eigenvalue weighted by Gasteiger charge is -2.18. The average molecular weight is 277 g/mol. The van der Waals surface area contributed by atoms with E-state index in [1.165, 1.54) is 42.4 Å². The highest BCUT2D eigenvalue weighted by atomic mass is 32.1. The second-order valence-corrected chi connectivity index (χ2v) is 5.97. The Hall–Kier alpha value is -1.16. The van der Waals surface area contributed by atoms with Crippen LogP contribution in [0.1, 0.15) is 51.5 Å². The highest BCUT2D eigenvalue weighted by molar-refractivity contribution is 7.18. The fourth-order valence-corrected chi connectivity index (χ4v) is 3.31. The molecular formula is C15H23N3S. The number of thiophene rings is 1. The van der Waals surface area contributed by atoms with E-state index in [0.717, 1.165) is 11.3 Å². The van der Waals surface area contributed by atoms with Gasteiger partial charge in [0, 0.05) is 6.04 Å². The summed E-state index contributed by atoms with van der Waals surface area (Å²) in [4.78, 5) is 8.81. The number of nitrogens with zero attached hydrogens (tertiary/aromatic N) is 2. The summed E-state index contributed by atoms with van der Waals surface area (Å²) in [6, 6.07) is 0.533. The van der Waals surface area contributed by atoms with Crippen molar-refractivity contribution in [1.29, 1.82) is 0 Å². The molecule has 2 aromatic heterocycles. The Kier molecular flexibility index (Phi) is 5.14. The quantitative estimate of drug-likeness (QED) is 0.792. The molecule has 3 nitrogen and oxygen atoms in total. The standard InChI is InChI=1S/C15H23N3S/c1-4-6-8-12(7-5-2)18-15-14-13(16-10-17-15)11(3)9-19-14/h9-10,12H,4-8H2,1-3H3,(H,16,17,18). The van der Waals surface area contributed by atoms with Crippen LogP contribution in [0.3, 0.4) is 0 Å². The van der Waals surface area contributed by atoms with Crippen LogP contribution in [0, 0.1) is 6.92 Å². The van der Waals surface area contributed by atoms with Crippen LogP contribution in [0.4, 0.5) is 5.82 Å². The van der Waals surface area contributed by atoms with Crippen molar-refractivity contribution in [1.82, 2.24) is 9.97 Å². The number of rotatable bonds is 7. The number of nitrogens with one attached hydrogen (secondary N) is 1. The van der Waals surface area contributed by atoms with Crippen LogP contribution in [0.5, 0.6) is 0 Å². The van der Waals surface area contributed by atoms with Crippen LogP contribution in [-0.4, -0.2) is 16.0 Å². The van der Waals surface area contributed by atoms with Crippen molar-refractivity contribution in [3.05, 3.63) is 17.3 Å². The number of aromatic nitrogens is 2. The normalized spacial score (nSPS) is 12.8. The van der Waals surface area contributed by atoms with Gasteiger partial charge in [0.2, 0.25) is 0 Å². The first kappa shape index (κ1) is 14.3. The fourth-order valence-electron chi connectivity index (χ4n) is 2.35. The second-order valence-electron chi connectivity index (χ2n) is 5.09. The molecule has 0 spiro atoms. The van der Waals surface area contributed by atoms with Gasteiger partial charge in [0.05, 0.1) is 10.2 Å². The maximum absolute atomic E-state index is 4.44. The molecule has 104 valence electrons. The van der Waals surface area contributed by atoms with Crippen molar-refractivity contribution in [2.24, 2.45) is 0 Å². The molecule has 0 bridgehead atoms. The molecule has 2 aromatic rings. The summed E-state index contributed by atoms with van der Waals surface area (Å²) in [5, 5.41) is 5.79. The molecule has 0 fully saturated rings.